The number of aromatic amines is 1. The number of nitrogens with one attached hydrogen (secondary N) is 2. The first-order chi connectivity index (χ1) is 7.29. The summed E-state index contributed by atoms with van der Waals surface area (Å²) in [5.74, 6) is 0.781. The minimum atomic E-state index is -0.195. The third-order valence-corrected chi connectivity index (χ3v) is 2.41. The van der Waals surface area contributed by atoms with E-state index in [-0.39, 0.29) is 17.8 Å². The molecule has 0 saturated carbocycles. The van der Waals surface area contributed by atoms with Gasteiger partial charge in [0.25, 0.3) is 5.91 Å². The molecular weight excluding hydrogens is 192 g/mol. The zero-order valence-electron chi connectivity index (χ0n) is 8.66. The number of aromatic nitrogens is 3. The topological polar surface area (TPSA) is 70.7 Å². The molecule has 5 nitrogen and oxygen atoms in total. The molecule has 1 heterocycles. The highest BCUT2D eigenvalue weighted by Gasteiger charge is 2.17. The Morgan fingerprint density at radius 1 is 1.60 bits per heavy atom. The smallest absolute Gasteiger partial charge is 0.291 e. The second-order valence-electron chi connectivity index (χ2n) is 3.57. The molecule has 15 heavy (non-hydrogen) atoms. The van der Waals surface area contributed by atoms with Crippen LogP contribution in [0.5, 0.6) is 0 Å². The molecule has 80 valence electrons. The summed E-state index contributed by atoms with van der Waals surface area (Å²) in [7, 11) is 0. The molecule has 1 aromatic rings. The zero-order chi connectivity index (χ0) is 10.7. The lowest BCUT2D eigenvalue weighted by atomic mass is 10.2. The number of nitrogens with zero attached hydrogens (tertiary/aromatic N) is 2. The van der Waals surface area contributed by atoms with Gasteiger partial charge in [-0.2, -0.15) is 0 Å². The molecule has 0 atom stereocenters. The zero-order valence-corrected chi connectivity index (χ0v) is 8.66. The third-order valence-electron chi connectivity index (χ3n) is 2.41. The molecule has 5 heteroatoms. The molecule has 1 aromatic heterocycles. The van der Waals surface area contributed by atoms with Gasteiger partial charge in [-0.25, -0.2) is 4.98 Å². The van der Waals surface area contributed by atoms with Crippen molar-refractivity contribution in [2.45, 2.75) is 32.2 Å². The maximum atomic E-state index is 11.6. The Kier molecular flexibility index (Phi) is 2.80. The van der Waals surface area contributed by atoms with Crippen LogP contribution in [0.3, 0.4) is 0 Å². The van der Waals surface area contributed by atoms with Crippen LogP contribution in [0.1, 0.15) is 36.2 Å². The number of rotatable bonds is 3. The highest BCUT2D eigenvalue weighted by molar-refractivity contribution is 5.90. The van der Waals surface area contributed by atoms with Crippen molar-refractivity contribution in [3.05, 3.63) is 23.8 Å². The fourth-order valence-electron chi connectivity index (χ4n) is 1.54. The molecule has 1 amide bonds. The molecule has 0 radical (unpaired) electrons. The number of H-pyrrole nitrogens is 1. The summed E-state index contributed by atoms with van der Waals surface area (Å²) in [5, 5.41) is 9.47. The van der Waals surface area contributed by atoms with Gasteiger partial charge >= 0.3 is 0 Å². The normalized spacial score (nSPS) is 15.8. The van der Waals surface area contributed by atoms with Crippen LogP contribution < -0.4 is 5.32 Å². The number of hydrogen-bond donors (Lipinski definition) is 2. The molecule has 0 spiro atoms. The monoisotopic (exact) mass is 206 g/mol. The minimum Gasteiger partial charge on any atom is -0.346 e. The van der Waals surface area contributed by atoms with E-state index in [0.29, 0.717) is 0 Å². The van der Waals surface area contributed by atoms with Gasteiger partial charge in [-0.05, 0) is 12.8 Å². The van der Waals surface area contributed by atoms with Gasteiger partial charge in [0.1, 0.15) is 5.82 Å². The van der Waals surface area contributed by atoms with Crippen molar-refractivity contribution >= 4 is 5.91 Å². The molecule has 0 bridgehead atoms. The first-order valence-corrected chi connectivity index (χ1v) is 5.16. The average Bonchev–Trinajstić information content (AvgIpc) is 2.86. The molecule has 1 aliphatic carbocycles. The van der Waals surface area contributed by atoms with Crippen molar-refractivity contribution in [2.75, 3.05) is 0 Å². The van der Waals surface area contributed by atoms with Crippen LogP contribution in [0.25, 0.3) is 0 Å². The fraction of sp³-hybridized carbons (Fsp3) is 0.500. The van der Waals surface area contributed by atoms with E-state index in [1.807, 2.05) is 6.92 Å². The van der Waals surface area contributed by atoms with Gasteiger partial charge in [0, 0.05) is 12.5 Å². The number of carbonyl (C=O) groups is 1. The molecule has 0 aliphatic heterocycles. The van der Waals surface area contributed by atoms with Gasteiger partial charge in [-0.3, -0.25) is 9.89 Å². The highest BCUT2D eigenvalue weighted by atomic mass is 16.2. The lowest BCUT2D eigenvalue weighted by molar-refractivity contribution is 0.0929. The molecule has 2 N–H and O–H groups in total. The van der Waals surface area contributed by atoms with E-state index in [2.05, 4.69) is 32.7 Å². The Hall–Kier alpha value is -1.65. The van der Waals surface area contributed by atoms with Crippen LogP contribution in [0.2, 0.25) is 0 Å². The summed E-state index contributed by atoms with van der Waals surface area (Å²) in [5.41, 5.74) is 0. The first kappa shape index (κ1) is 9.89. The van der Waals surface area contributed by atoms with Gasteiger partial charge in [0.05, 0.1) is 0 Å². The third kappa shape index (κ3) is 2.23. The van der Waals surface area contributed by atoms with Crippen LogP contribution in [0, 0.1) is 0 Å². The SMILES string of the molecule is CCc1nc(C(=O)NC2CC=CC2)n[nH]1. The van der Waals surface area contributed by atoms with Crippen molar-refractivity contribution in [3.63, 3.8) is 0 Å². The van der Waals surface area contributed by atoms with E-state index in [9.17, 15) is 4.79 Å². The Morgan fingerprint density at radius 3 is 2.93 bits per heavy atom. The molecule has 0 unspecified atom stereocenters. The Labute approximate surface area is 88.0 Å². The summed E-state index contributed by atoms with van der Waals surface area (Å²) >= 11 is 0. The summed E-state index contributed by atoms with van der Waals surface area (Å²) in [6, 6.07) is 0.209. The van der Waals surface area contributed by atoms with Gasteiger partial charge in [0.15, 0.2) is 0 Å². The Morgan fingerprint density at radius 2 is 2.33 bits per heavy atom. The maximum Gasteiger partial charge on any atom is 0.291 e. The summed E-state index contributed by atoms with van der Waals surface area (Å²) in [6.07, 6.45) is 6.69. The largest absolute Gasteiger partial charge is 0.346 e. The average molecular weight is 206 g/mol. The number of carbonyl (C=O) groups excluding carboxylic acids is 1. The van der Waals surface area contributed by atoms with Gasteiger partial charge < -0.3 is 5.32 Å². The van der Waals surface area contributed by atoms with Crippen LogP contribution in [-0.2, 0) is 6.42 Å². The van der Waals surface area contributed by atoms with E-state index in [1.54, 1.807) is 0 Å². The van der Waals surface area contributed by atoms with Crippen molar-refractivity contribution in [1.82, 2.24) is 20.5 Å². The van der Waals surface area contributed by atoms with Crippen LogP contribution >= 0.6 is 0 Å². The van der Waals surface area contributed by atoms with Crippen molar-refractivity contribution in [1.29, 1.82) is 0 Å². The quantitative estimate of drug-likeness (QED) is 0.719. The fourth-order valence-corrected chi connectivity index (χ4v) is 1.54. The van der Waals surface area contributed by atoms with E-state index in [4.69, 9.17) is 0 Å². The molecule has 0 saturated heterocycles. The lowest BCUT2D eigenvalue weighted by Gasteiger charge is -2.09. The molecule has 2 rings (SSSR count). The molecule has 0 fully saturated rings. The molecule has 0 aromatic carbocycles. The van der Waals surface area contributed by atoms with E-state index >= 15 is 0 Å². The van der Waals surface area contributed by atoms with Gasteiger partial charge in [0.2, 0.25) is 5.82 Å². The summed E-state index contributed by atoms with van der Waals surface area (Å²) < 4.78 is 0. The van der Waals surface area contributed by atoms with Crippen LogP contribution in [0.15, 0.2) is 12.2 Å². The van der Waals surface area contributed by atoms with E-state index in [0.717, 1.165) is 25.1 Å². The van der Waals surface area contributed by atoms with Crippen molar-refractivity contribution in [2.24, 2.45) is 0 Å². The van der Waals surface area contributed by atoms with Crippen LogP contribution in [0.4, 0.5) is 0 Å². The van der Waals surface area contributed by atoms with Crippen molar-refractivity contribution in [3.8, 4) is 0 Å². The molecular formula is C10H14N4O. The maximum absolute atomic E-state index is 11.6. The highest BCUT2D eigenvalue weighted by Crippen LogP contribution is 2.09. The van der Waals surface area contributed by atoms with Gasteiger partial charge in [-0.15, -0.1) is 5.10 Å². The Balaban J connectivity index is 1.95. The second-order valence-corrected chi connectivity index (χ2v) is 3.57. The minimum absolute atomic E-state index is 0.195. The summed E-state index contributed by atoms with van der Waals surface area (Å²) in [6.45, 7) is 1.96. The standard InChI is InChI=1S/C10H14N4O/c1-2-8-12-9(14-13-8)10(15)11-7-5-3-4-6-7/h3-4,7H,2,5-6H2,1H3,(H,11,15)(H,12,13,14). The second kappa shape index (κ2) is 4.25. The summed E-state index contributed by atoms with van der Waals surface area (Å²) in [4.78, 5) is 15.7. The van der Waals surface area contributed by atoms with E-state index < -0.39 is 0 Å². The van der Waals surface area contributed by atoms with E-state index in [1.165, 1.54) is 0 Å². The number of aryl methyl sites for hydroxylation is 1. The Bertz CT molecular complexity index is 375. The number of amides is 1. The van der Waals surface area contributed by atoms with Gasteiger partial charge in [-0.1, -0.05) is 19.1 Å². The van der Waals surface area contributed by atoms with Crippen molar-refractivity contribution < 1.29 is 4.79 Å². The molecule has 1 aliphatic rings. The lowest BCUT2D eigenvalue weighted by Crippen LogP contribution is -2.33. The number of hydrogen-bond acceptors (Lipinski definition) is 3. The predicted octanol–water partition coefficient (Wildman–Crippen LogP) is 0.815. The predicted molar refractivity (Wildman–Crippen MR) is 55.4 cm³/mol. The first-order valence-electron chi connectivity index (χ1n) is 5.16. The van der Waals surface area contributed by atoms with Crippen LogP contribution in [-0.4, -0.2) is 27.1 Å².